The number of para-hydroxylation sites is 1. The maximum atomic E-state index is 12.3. The second-order valence-electron chi connectivity index (χ2n) is 5.66. The highest BCUT2D eigenvalue weighted by Crippen LogP contribution is 2.16. The van der Waals surface area contributed by atoms with E-state index in [4.69, 9.17) is 0 Å². The Bertz CT molecular complexity index is 938. The fourth-order valence-electron chi connectivity index (χ4n) is 2.20. The number of rotatable bonds is 6. The highest BCUT2D eigenvalue weighted by Gasteiger charge is 2.18. The normalized spacial score (nSPS) is 11.0. The molecule has 0 saturated heterocycles. The summed E-state index contributed by atoms with van der Waals surface area (Å²) < 4.78 is 31.5. The van der Waals surface area contributed by atoms with E-state index in [-0.39, 0.29) is 16.1 Å². The van der Waals surface area contributed by atoms with Crippen LogP contribution in [0.25, 0.3) is 0 Å². The number of hydrogen-bond donors (Lipinski definition) is 2. The first-order valence-electron chi connectivity index (χ1n) is 7.78. The number of hydrogen-bond acceptors (Lipinski definition) is 5. The summed E-state index contributed by atoms with van der Waals surface area (Å²) in [5.74, 6) is -1.20. The predicted molar refractivity (Wildman–Crippen MR) is 97.5 cm³/mol. The Morgan fingerprint density at radius 2 is 1.73 bits per heavy atom. The molecule has 1 amide bonds. The Morgan fingerprint density at radius 3 is 2.38 bits per heavy atom. The first-order valence-corrected chi connectivity index (χ1v) is 9.27. The van der Waals surface area contributed by atoms with Crippen molar-refractivity contribution < 1.29 is 22.7 Å². The van der Waals surface area contributed by atoms with Crippen LogP contribution in [0.15, 0.2) is 47.4 Å². The molecule has 0 heterocycles. The van der Waals surface area contributed by atoms with Gasteiger partial charge in [0.1, 0.15) is 0 Å². The van der Waals surface area contributed by atoms with Gasteiger partial charge in [-0.1, -0.05) is 18.2 Å². The summed E-state index contributed by atoms with van der Waals surface area (Å²) in [6, 6.07) is 11.0. The number of nitrogens with one attached hydrogen (secondary N) is 2. The van der Waals surface area contributed by atoms with Crippen LogP contribution < -0.4 is 10.0 Å². The zero-order chi connectivity index (χ0) is 19.3. The van der Waals surface area contributed by atoms with Gasteiger partial charge in [-0.3, -0.25) is 4.79 Å². The molecule has 0 fully saturated rings. The molecule has 2 rings (SSSR count). The molecule has 26 heavy (non-hydrogen) atoms. The van der Waals surface area contributed by atoms with Crippen molar-refractivity contribution in [3.05, 3.63) is 59.2 Å². The number of amides is 1. The van der Waals surface area contributed by atoms with E-state index in [1.54, 1.807) is 24.3 Å². The molecule has 2 N–H and O–H groups in total. The highest BCUT2D eigenvalue weighted by atomic mass is 32.2. The van der Waals surface area contributed by atoms with E-state index in [9.17, 15) is 18.0 Å². The van der Waals surface area contributed by atoms with Crippen molar-refractivity contribution >= 4 is 27.6 Å². The van der Waals surface area contributed by atoms with Gasteiger partial charge in [0.05, 0.1) is 29.8 Å². The lowest BCUT2D eigenvalue weighted by Crippen LogP contribution is -2.33. The van der Waals surface area contributed by atoms with E-state index < -0.39 is 28.4 Å². The van der Waals surface area contributed by atoms with Crippen molar-refractivity contribution in [1.82, 2.24) is 4.72 Å². The quantitative estimate of drug-likeness (QED) is 0.751. The molecule has 0 aliphatic carbocycles. The van der Waals surface area contributed by atoms with Crippen LogP contribution in [0, 0.1) is 13.8 Å². The van der Waals surface area contributed by atoms with Gasteiger partial charge >= 0.3 is 5.97 Å². The number of carbonyl (C=O) groups excluding carboxylic acids is 2. The number of methoxy groups -OCH3 is 1. The van der Waals surface area contributed by atoms with Crippen LogP contribution in [0.5, 0.6) is 0 Å². The molecule has 0 unspecified atom stereocenters. The van der Waals surface area contributed by atoms with Gasteiger partial charge in [-0.2, -0.15) is 0 Å². The largest absolute Gasteiger partial charge is 0.465 e. The molecule has 7 nitrogen and oxygen atoms in total. The van der Waals surface area contributed by atoms with E-state index in [2.05, 4.69) is 14.8 Å². The lowest BCUT2D eigenvalue weighted by molar-refractivity contribution is -0.115. The fraction of sp³-hybridized carbons (Fsp3) is 0.222. The Kier molecular flexibility index (Phi) is 6.12. The average molecular weight is 376 g/mol. The van der Waals surface area contributed by atoms with E-state index in [0.717, 1.165) is 11.1 Å². The zero-order valence-electron chi connectivity index (χ0n) is 14.7. The molecular formula is C18H20N2O5S. The van der Waals surface area contributed by atoms with Crippen molar-refractivity contribution in [3.8, 4) is 0 Å². The van der Waals surface area contributed by atoms with Gasteiger partial charge in [0.2, 0.25) is 15.9 Å². The Morgan fingerprint density at radius 1 is 1.04 bits per heavy atom. The van der Waals surface area contributed by atoms with Gasteiger partial charge < -0.3 is 10.1 Å². The smallest absolute Gasteiger partial charge is 0.339 e. The summed E-state index contributed by atoms with van der Waals surface area (Å²) in [5, 5.41) is 2.50. The number of benzene rings is 2. The standard InChI is InChI=1S/C18H20N2O5S/c1-12-8-9-14(10-13(12)2)26(23,24)19-11-17(21)20-16-7-5-4-6-15(16)18(22)25-3/h4-10,19H,11H2,1-3H3,(H,20,21). The molecule has 0 aliphatic heterocycles. The van der Waals surface area contributed by atoms with Gasteiger partial charge in [-0.05, 0) is 49.2 Å². The summed E-state index contributed by atoms with van der Waals surface area (Å²) in [6.45, 7) is 3.22. The second kappa shape index (κ2) is 8.11. The van der Waals surface area contributed by atoms with Gasteiger partial charge in [0, 0.05) is 0 Å². The molecule has 0 saturated carbocycles. The highest BCUT2D eigenvalue weighted by molar-refractivity contribution is 7.89. The Balaban J connectivity index is 2.07. The predicted octanol–water partition coefficient (Wildman–Crippen LogP) is 2.01. The van der Waals surface area contributed by atoms with Crippen molar-refractivity contribution in [2.45, 2.75) is 18.7 Å². The third-order valence-corrected chi connectivity index (χ3v) is 5.22. The van der Waals surface area contributed by atoms with Gasteiger partial charge in [-0.15, -0.1) is 0 Å². The molecule has 0 atom stereocenters. The number of esters is 1. The minimum absolute atomic E-state index is 0.0864. The Labute approximate surface area is 152 Å². The SMILES string of the molecule is COC(=O)c1ccccc1NC(=O)CNS(=O)(=O)c1ccc(C)c(C)c1. The molecule has 0 aromatic heterocycles. The summed E-state index contributed by atoms with van der Waals surface area (Å²) in [6.07, 6.45) is 0. The van der Waals surface area contributed by atoms with Crippen molar-refractivity contribution in [2.75, 3.05) is 19.0 Å². The van der Waals surface area contributed by atoms with Crippen LogP contribution in [0.3, 0.4) is 0 Å². The molecule has 0 aliphatic rings. The number of anilines is 1. The molecule has 8 heteroatoms. The molecule has 2 aromatic rings. The van der Waals surface area contributed by atoms with Gasteiger partial charge in [0.15, 0.2) is 0 Å². The maximum Gasteiger partial charge on any atom is 0.339 e. The number of ether oxygens (including phenoxy) is 1. The van der Waals surface area contributed by atoms with Crippen LogP contribution in [-0.4, -0.2) is 33.9 Å². The van der Waals surface area contributed by atoms with Crippen LogP contribution in [0.2, 0.25) is 0 Å². The second-order valence-corrected chi connectivity index (χ2v) is 7.42. The van der Waals surface area contributed by atoms with Crippen LogP contribution in [0.1, 0.15) is 21.5 Å². The first kappa shape index (κ1) is 19.6. The molecule has 0 radical (unpaired) electrons. The van der Waals surface area contributed by atoms with Crippen LogP contribution >= 0.6 is 0 Å². The molecule has 2 aromatic carbocycles. The van der Waals surface area contributed by atoms with E-state index in [0.29, 0.717) is 0 Å². The number of carbonyl (C=O) groups is 2. The van der Waals surface area contributed by atoms with Crippen molar-refractivity contribution in [3.63, 3.8) is 0 Å². The fourth-order valence-corrected chi connectivity index (χ4v) is 3.27. The Hall–Kier alpha value is -2.71. The van der Waals surface area contributed by atoms with Crippen LogP contribution in [-0.2, 0) is 19.6 Å². The van der Waals surface area contributed by atoms with E-state index in [1.165, 1.54) is 25.3 Å². The molecule has 138 valence electrons. The monoisotopic (exact) mass is 376 g/mol. The zero-order valence-corrected chi connectivity index (χ0v) is 15.5. The first-order chi connectivity index (χ1) is 12.2. The van der Waals surface area contributed by atoms with E-state index >= 15 is 0 Å². The third-order valence-electron chi connectivity index (χ3n) is 3.82. The molecule has 0 bridgehead atoms. The summed E-state index contributed by atoms with van der Waals surface area (Å²) in [4.78, 5) is 23.9. The number of aryl methyl sites for hydroxylation is 2. The third kappa shape index (κ3) is 4.68. The lowest BCUT2D eigenvalue weighted by Gasteiger charge is -2.11. The van der Waals surface area contributed by atoms with Gasteiger partial charge in [-0.25, -0.2) is 17.9 Å². The average Bonchev–Trinajstić information content (AvgIpc) is 2.62. The summed E-state index contributed by atoms with van der Waals surface area (Å²) in [7, 11) is -2.59. The summed E-state index contributed by atoms with van der Waals surface area (Å²) in [5.41, 5.74) is 2.24. The van der Waals surface area contributed by atoms with Crippen molar-refractivity contribution in [2.24, 2.45) is 0 Å². The molecule has 0 spiro atoms. The number of sulfonamides is 1. The molecular weight excluding hydrogens is 356 g/mol. The topological polar surface area (TPSA) is 102 Å². The minimum atomic E-state index is -3.82. The maximum absolute atomic E-state index is 12.3. The minimum Gasteiger partial charge on any atom is -0.465 e. The lowest BCUT2D eigenvalue weighted by atomic mass is 10.1. The van der Waals surface area contributed by atoms with Crippen LogP contribution in [0.4, 0.5) is 5.69 Å². The van der Waals surface area contributed by atoms with Gasteiger partial charge in [0.25, 0.3) is 0 Å². The van der Waals surface area contributed by atoms with E-state index in [1.807, 2.05) is 13.8 Å². The summed E-state index contributed by atoms with van der Waals surface area (Å²) >= 11 is 0. The van der Waals surface area contributed by atoms with Crippen molar-refractivity contribution in [1.29, 1.82) is 0 Å².